The van der Waals surface area contributed by atoms with Crippen molar-refractivity contribution in [3.05, 3.63) is 24.3 Å². The second-order valence-electron chi connectivity index (χ2n) is 6.91. The highest BCUT2D eigenvalue weighted by molar-refractivity contribution is 5.84. The van der Waals surface area contributed by atoms with Crippen LogP contribution >= 0.6 is 0 Å². The van der Waals surface area contributed by atoms with E-state index < -0.39 is 12.1 Å². The maximum Gasteiger partial charge on any atom is 0.348 e. The van der Waals surface area contributed by atoms with Crippen molar-refractivity contribution < 1.29 is 19.1 Å². The van der Waals surface area contributed by atoms with Crippen molar-refractivity contribution in [2.75, 3.05) is 25.1 Å². The summed E-state index contributed by atoms with van der Waals surface area (Å²) in [5.74, 6) is 0.667. The van der Waals surface area contributed by atoms with E-state index in [1.54, 1.807) is 6.07 Å². The first-order chi connectivity index (χ1) is 12.1. The molecule has 1 fully saturated rings. The van der Waals surface area contributed by atoms with Crippen LogP contribution in [0, 0.1) is 5.92 Å². The van der Waals surface area contributed by atoms with E-state index in [0.717, 1.165) is 18.5 Å². The number of fused-ring (bicyclic) bond motifs is 1. The van der Waals surface area contributed by atoms with Gasteiger partial charge in [0, 0.05) is 6.04 Å². The number of nitrogens with zero attached hydrogens (tertiary/aromatic N) is 1. The van der Waals surface area contributed by atoms with Crippen LogP contribution in [0.5, 0.6) is 5.75 Å². The van der Waals surface area contributed by atoms with Gasteiger partial charge in [0.05, 0.1) is 25.9 Å². The van der Waals surface area contributed by atoms with Crippen LogP contribution in [-0.4, -0.2) is 44.2 Å². The Balaban J connectivity index is 1.69. The molecule has 3 atom stereocenters. The number of amides is 1. The average molecular weight is 346 g/mol. The molecule has 0 bridgehead atoms. The lowest BCUT2D eigenvalue weighted by atomic mass is 9.86. The number of methoxy groups -OCH3 is 1. The van der Waals surface area contributed by atoms with Gasteiger partial charge in [-0.1, -0.05) is 31.9 Å². The van der Waals surface area contributed by atoms with Crippen LogP contribution in [0.25, 0.3) is 0 Å². The Labute approximate surface area is 148 Å². The van der Waals surface area contributed by atoms with E-state index in [2.05, 4.69) is 12.2 Å². The Hall–Kier alpha value is -2.24. The minimum atomic E-state index is -0.721. The number of carbonyl (C=O) groups is 2. The maximum atomic E-state index is 12.6. The fraction of sp³-hybridized carbons (Fsp3) is 0.579. The molecule has 6 heteroatoms. The number of hydrogen-bond acceptors (Lipinski definition) is 5. The van der Waals surface area contributed by atoms with E-state index in [4.69, 9.17) is 9.47 Å². The van der Waals surface area contributed by atoms with Crippen molar-refractivity contribution in [3.63, 3.8) is 0 Å². The molecular weight excluding hydrogens is 320 g/mol. The van der Waals surface area contributed by atoms with Gasteiger partial charge in [0.1, 0.15) is 5.75 Å². The lowest BCUT2D eigenvalue weighted by Gasteiger charge is -2.35. The highest BCUT2D eigenvalue weighted by Crippen LogP contribution is 2.33. The number of para-hydroxylation sites is 2. The molecule has 2 aliphatic rings. The van der Waals surface area contributed by atoms with Crippen LogP contribution in [0.15, 0.2) is 24.3 Å². The lowest BCUT2D eigenvalue weighted by Crippen LogP contribution is -2.50. The third-order valence-corrected chi connectivity index (χ3v) is 5.12. The first-order valence-corrected chi connectivity index (χ1v) is 8.96. The molecule has 0 spiro atoms. The van der Waals surface area contributed by atoms with Crippen LogP contribution in [0.1, 0.15) is 32.6 Å². The predicted octanol–water partition coefficient (Wildman–Crippen LogP) is 2.12. The Morgan fingerprint density at radius 1 is 1.28 bits per heavy atom. The number of hydrogen-bond donors (Lipinski definition) is 1. The first-order valence-electron chi connectivity index (χ1n) is 8.96. The molecule has 0 saturated heterocycles. The van der Waals surface area contributed by atoms with Crippen LogP contribution in [-0.2, 0) is 14.3 Å². The fourth-order valence-electron chi connectivity index (χ4n) is 3.67. The van der Waals surface area contributed by atoms with Crippen LogP contribution < -0.4 is 15.0 Å². The zero-order valence-corrected chi connectivity index (χ0v) is 14.9. The van der Waals surface area contributed by atoms with Crippen molar-refractivity contribution >= 4 is 17.6 Å². The quantitative estimate of drug-likeness (QED) is 0.846. The molecule has 136 valence electrons. The highest BCUT2D eigenvalue weighted by Gasteiger charge is 2.32. The second-order valence-corrected chi connectivity index (χ2v) is 6.91. The SMILES string of the molecule is COC(=O)[C@H]1CN(CC(=O)N[C@@H]2CCCC[C@@H]2C)c2ccccc2O1. The molecule has 1 N–H and O–H groups in total. The summed E-state index contributed by atoms with van der Waals surface area (Å²) in [6.45, 7) is 2.70. The second kappa shape index (κ2) is 7.76. The molecular formula is C19H26N2O4. The normalized spacial score (nSPS) is 25.5. The van der Waals surface area contributed by atoms with Crippen LogP contribution in [0.2, 0.25) is 0 Å². The molecule has 1 saturated carbocycles. The maximum absolute atomic E-state index is 12.6. The zero-order chi connectivity index (χ0) is 17.8. The summed E-state index contributed by atoms with van der Waals surface area (Å²) in [6, 6.07) is 7.70. The van der Waals surface area contributed by atoms with E-state index in [9.17, 15) is 9.59 Å². The minimum absolute atomic E-state index is 0.0148. The van der Waals surface area contributed by atoms with E-state index in [1.807, 2.05) is 23.1 Å². The standard InChI is InChI=1S/C19H26N2O4/c1-13-7-3-4-8-14(13)20-18(22)12-21-11-17(19(23)24-2)25-16-10-6-5-9-15(16)21/h5-6,9-10,13-14,17H,3-4,7-8,11-12H2,1-2H3,(H,20,22)/t13-,14+,17+/m0/s1. The minimum Gasteiger partial charge on any atom is -0.475 e. The van der Waals surface area contributed by atoms with Crippen molar-refractivity contribution in [3.8, 4) is 5.75 Å². The van der Waals surface area contributed by atoms with Gasteiger partial charge in [0.25, 0.3) is 0 Å². The number of benzene rings is 1. The molecule has 0 aromatic heterocycles. The Morgan fingerprint density at radius 2 is 2.04 bits per heavy atom. The highest BCUT2D eigenvalue weighted by atomic mass is 16.6. The average Bonchev–Trinajstić information content (AvgIpc) is 2.62. The summed E-state index contributed by atoms with van der Waals surface area (Å²) in [5.41, 5.74) is 0.828. The third-order valence-electron chi connectivity index (χ3n) is 5.12. The summed E-state index contributed by atoms with van der Waals surface area (Å²) in [5, 5.41) is 3.17. The molecule has 1 heterocycles. The molecule has 25 heavy (non-hydrogen) atoms. The summed E-state index contributed by atoms with van der Waals surface area (Å²) < 4.78 is 10.5. The van der Waals surface area contributed by atoms with Gasteiger partial charge in [-0.2, -0.15) is 0 Å². The van der Waals surface area contributed by atoms with Gasteiger partial charge >= 0.3 is 5.97 Å². The smallest absolute Gasteiger partial charge is 0.348 e. The molecule has 1 aromatic rings. The van der Waals surface area contributed by atoms with Gasteiger partial charge in [-0.25, -0.2) is 4.79 Å². The summed E-state index contributed by atoms with van der Waals surface area (Å²) in [6.07, 6.45) is 3.89. The molecule has 1 aliphatic carbocycles. The van der Waals surface area contributed by atoms with E-state index >= 15 is 0 Å². The molecule has 1 amide bonds. The van der Waals surface area contributed by atoms with E-state index in [-0.39, 0.29) is 18.5 Å². The van der Waals surface area contributed by atoms with Crippen molar-refractivity contribution in [2.45, 2.75) is 44.8 Å². The van der Waals surface area contributed by atoms with Gasteiger partial charge in [0.15, 0.2) is 0 Å². The molecule has 1 aromatic carbocycles. The third kappa shape index (κ3) is 4.06. The number of nitrogens with one attached hydrogen (secondary N) is 1. The first kappa shape index (κ1) is 17.6. The van der Waals surface area contributed by atoms with Gasteiger partial charge in [-0.3, -0.25) is 4.79 Å². The molecule has 3 rings (SSSR count). The number of esters is 1. The van der Waals surface area contributed by atoms with Crippen molar-refractivity contribution in [1.82, 2.24) is 5.32 Å². The van der Waals surface area contributed by atoms with Gasteiger partial charge in [0.2, 0.25) is 12.0 Å². The predicted molar refractivity (Wildman–Crippen MR) is 94.6 cm³/mol. The lowest BCUT2D eigenvalue weighted by molar-refractivity contribution is -0.148. The molecule has 6 nitrogen and oxygen atoms in total. The molecule has 0 unspecified atom stereocenters. The molecule has 0 radical (unpaired) electrons. The Morgan fingerprint density at radius 3 is 2.80 bits per heavy atom. The Bertz CT molecular complexity index is 634. The number of rotatable bonds is 4. The number of ether oxygens (including phenoxy) is 2. The van der Waals surface area contributed by atoms with E-state index in [1.165, 1.54) is 20.0 Å². The van der Waals surface area contributed by atoms with E-state index in [0.29, 0.717) is 18.2 Å². The molecule has 1 aliphatic heterocycles. The largest absolute Gasteiger partial charge is 0.475 e. The van der Waals surface area contributed by atoms with Crippen molar-refractivity contribution in [2.24, 2.45) is 5.92 Å². The van der Waals surface area contributed by atoms with Gasteiger partial charge in [-0.05, 0) is 30.9 Å². The zero-order valence-electron chi connectivity index (χ0n) is 14.9. The monoisotopic (exact) mass is 346 g/mol. The number of carbonyl (C=O) groups excluding carboxylic acids is 2. The topological polar surface area (TPSA) is 67.9 Å². The van der Waals surface area contributed by atoms with Crippen molar-refractivity contribution in [1.29, 1.82) is 0 Å². The van der Waals surface area contributed by atoms with Gasteiger partial charge < -0.3 is 19.7 Å². The van der Waals surface area contributed by atoms with Crippen LogP contribution in [0.3, 0.4) is 0 Å². The fourth-order valence-corrected chi connectivity index (χ4v) is 3.67. The van der Waals surface area contributed by atoms with Gasteiger partial charge in [-0.15, -0.1) is 0 Å². The summed E-state index contributed by atoms with van der Waals surface area (Å²) in [4.78, 5) is 26.4. The van der Waals surface area contributed by atoms with Crippen LogP contribution in [0.4, 0.5) is 5.69 Å². The Kier molecular flexibility index (Phi) is 5.46. The summed E-state index contributed by atoms with van der Waals surface area (Å²) >= 11 is 0. The number of anilines is 1. The summed E-state index contributed by atoms with van der Waals surface area (Å²) in [7, 11) is 1.34.